The SMILES string of the molecule is C[C@@H](NC(=O)CCC(F)(F)F)c1ccc2nc([C@@H](c3onc(CCC(F)(F)F)c3C(N)=O)C3CCC(F)(F)CC3)[nH]c2c1. The van der Waals surface area contributed by atoms with Crippen molar-refractivity contribution < 1.29 is 49.2 Å². The maximum Gasteiger partial charge on any atom is 0.389 e. The molecule has 1 saturated carbocycles. The van der Waals surface area contributed by atoms with Crippen LogP contribution in [0.3, 0.4) is 0 Å². The zero-order valence-corrected chi connectivity index (χ0v) is 22.8. The molecule has 0 unspecified atom stereocenters. The molecule has 0 spiro atoms. The van der Waals surface area contributed by atoms with Gasteiger partial charge in [0.15, 0.2) is 5.76 Å². The standard InChI is InChI=1S/C27H29F8N5O3/c1-13(37-19(41)7-11-27(33,34)35)15-2-3-16-18(12-15)39-24(38-16)20(14-4-8-25(28,29)9-5-14)22-21(23(36)42)17(40-43-22)6-10-26(30,31)32/h2-3,12-14,20H,4-11H2,1H3,(H2,36,42)(H,37,41)(H,38,39)/t13-,20-/m1/s1. The summed E-state index contributed by atoms with van der Waals surface area (Å²) in [6.07, 6.45) is -14.0. The number of rotatable bonds is 10. The summed E-state index contributed by atoms with van der Waals surface area (Å²) in [7, 11) is 0. The van der Waals surface area contributed by atoms with Crippen LogP contribution in [0, 0.1) is 5.92 Å². The van der Waals surface area contributed by atoms with Crippen LogP contribution < -0.4 is 11.1 Å². The summed E-state index contributed by atoms with van der Waals surface area (Å²) in [5, 5.41) is 6.18. The van der Waals surface area contributed by atoms with Crippen molar-refractivity contribution in [3.8, 4) is 0 Å². The topological polar surface area (TPSA) is 127 Å². The summed E-state index contributed by atoms with van der Waals surface area (Å²) in [6.45, 7) is 1.57. The van der Waals surface area contributed by atoms with Crippen LogP contribution in [0.4, 0.5) is 35.1 Å². The van der Waals surface area contributed by atoms with Gasteiger partial charge in [-0.15, -0.1) is 0 Å². The Bertz CT molecular complexity index is 1450. The summed E-state index contributed by atoms with van der Waals surface area (Å²) in [4.78, 5) is 32.0. The Morgan fingerprint density at radius 3 is 2.37 bits per heavy atom. The van der Waals surface area contributed by atoms with Crippen LogP contribution in [-0.2, 0) is 11.2 Å². The second kappa shape index (κ2) is 12.1. The molecule has 2 amide bonds. The summed E-state index contributed by atoms with van der Waals surface area (Å²) < 4.78 is 110. The van der Waals surface area contributed by atoms with Crippen molar-refractivity contribution in [2.24, 2.45) is 11.7 Å². The number of nitrogens with zero attached hydrogens (tertiary/aromatic N) is 2. The fourth-order valence-corrected chi connectivity index (χ4v) is 5.32. The van der Waals surface area contributed by atoms with Crippen LogP contribution in [0.1, 0.15) is 97.0 Å². The minimum absolute atomic E-state index is 0.0161. The maximum absolute atomic E-state index is 14.0. The first-order valence-corrected chi connectivity index (χ1v) is 13.5. The molecule has 8 nitrogen and oxygen atoms in total. The molecule has 4 rings (SSSR count). The summed E-state index contributed by atoms with van der Waals surface area (Å²) in [5.74, 6) is -6.34. The number of aromatic amines is 1. The van der Waals surface area contributed by atoms with E-state index < -0.39 is 86.5 Å². The molecule has 0 radical (unpaired) electrons. The van der Waals surface area contributed by atoms with Gasteiger partial charge >= 0.3 is 12.4 Å². The maximum atomic E-state index is 14.0. The third-order valence-corrected chi connectivity index (χ3v) is 7.53. The molecule has 1 fully saturated rings. The highest BCUT2D eigenvalue weighted by atomic mass is 19.4. The van der Waals surface area contributed by atoms with Crippen molar-refractivity contribution in [3.05, 3.63) is 46.6 Å². The number of H-pyrrole nitrogens is 1. The second-order valence-electron chi connectivity index (χ2n) is 10.8. The number of primary amides is 1. The van der Waals surface area contributed by atoms with Crippen LogP contribution in [0.5, 0.6) is 0 Å². The number of nitrogens with two attached hydrogens (primary N) is 1. The number of aryl methyl sites for hydroxylation is 1. The van der Waals surface area contributed by atoms with Crippen molar-refractivity contribution in [2.75, 3.05) is 0 Å². The van der Waals surface area contributed by atoms with E-state index in [1.54, 1.807) is 25.1 Å². The lowest BCUT2D eigenvalue weighted by atomic mass is 9.76. The van der Waals surface area contributed by atoms with E-state index >= 15 is 0 Å². The van der Waals surface area contributed by atoms with Gasteiger partial charge < -0.3 is 20.6 Å². The molecule has 43 heavy (non-hydrogen) atoms. The Balaban J connectivity index is 1.67. The molecule has 1 aliphatic rings. The number of imidazole rings is 1. The predicted octanol–water partition coefficient (Wildman–Crippen LogP) is 6.62. The number of carbonyl (C=O) groups excluding carboxylic acids is 2. The number of halogens is 8. The van der Waals surface area contributed by atoms with E-state index in [-0.39, 0.29) is 35.7 Å². The number of alkyl halides is 8. The number of amides is 2. The fourth-order valence-electron chi connectivity index (χ4n) is 5.32. The number of benzene rings is 1. The molecule has 3 aromatic rings. The first-order chi connectivity index (χ1) is 19.9. The molecule has 1 aromatic carbocycles. The number of hydrogen-bond acceptors (Lipinski definition) is 5. The van der Waals surface area contributed by atoms with Crippen LogP contribution in [-0.4, -0.2) is 45.2 Å². The summed E-state index contributed by atoms with van der Waals surface area (Å²) in [5.41, 5.74) is 6.18. The minimum Gasteiger partial charge on any atom is -0.365 e. The zero-order valence-electron chi connectivity index (χ0n) is 22.8. The van der Waals surface area contributed by atoms with Crippen LogP contribution >= 0.6 is 0 Å². The monoisotopic (exact) mass is 623 g/mol. The zero-order chi connectivity index (χ0) is 31.7. The average molecular weight is 624 g/mol. The van der Waals surface area contributed by atoms with Gasteiger partial charge in [0.1, 0.15) is 11.4 Å². The lowest BCUT2D eigenvalue weighted by Crippen LogP contribution is -2.29. The third kappa shape index (κ3) is 8.22. The van der Waals surface area contributed by atoms with Crippen molar-refractivity contribution in [2.45, 2.75) is 88.5 Å². The lowest BCUT2D eigenvalue weighted by molar-refractivity contribution is -0.144. The highest BCUT2D eigenvalue weighted by Crippen LogP contribution is 2.46. The Kier molecular flexibility index (Phi) is 9.07. The molecule has 0 bridgehead atoms. The van der Waals surface area contributed by atoms with Crippen molar-refractivity contribution >= 4 is 22.8 Å². The number of nitrogens with one attached hydrogen (secondary N) is 2. The van der Waals surface area contributed by atoms with E-state index in [0.717, 1.165) is 0 Å². The number of fused-ring (bicyclic) bond motifs is 1. The summed E-state index contributed by atoms with van der Waals surface area (Å²) >= 11 is 0. The van der Waals surface area contributed by atoms with Crippen LogP contribution in [0.15, 0.2) is 22.7 Å². The molecule has 2 aromatic heterocycles. The molecule has 0 saturated heterocycles. The van der Waals surface area contributed by atoms with Crippen molar-refractivity contribution in [1.82, 2.24) is 20.4 Å². The number of hydrogen-bond donors (Lipinski definition) is 3. The fraction of sp³-hybridized carbons (Fsp3) is 0.556. The van der Waals surface area contributed by atoms with E-state index in [1.165, 1.54) is 0 Å². The molecule has 2 atom stereocenters. The molecule has 0 aliphatic heterocycles. The molecule has 1 aliphatic carbocycles. The highest BCUT2D eigenvalue weighted by Gasteiger charge is 2.43. The van der Waals surface area contributed by atoms with E-state index in [1.807, 2.05) is 0 Å². The normalized spacial score (nSPS) is 17.6. The molecular formula is C27H29F8N5O3. The quantitative estimate of drug-likeness (QED) is 0.219. The van der Waals surface area contributed by atoms with Gasteiger partial charge in [0.2, 0.25) is 11.8 Å². The first-order valence-electron chi connectivity index (χ1n) is 13.5. The van der Waals surface area contributed by atoms with Crippen LogP contribution in [0.2, 0.25) is 0 Å². The Morgan fingerprint density at radius 2 is 1.77 bits per heavy atom. The predicted molar refractivity (Wildman–Crippen MR) is 136 cm³/mol. The van der Waals surface area contributed by atoms with Gasteiger partial charge in [-0.05, 0) is 43.4 Å². The minimum atomic E-state index is -4.55. The number of aromatic nitrogens is 3. The summed E-state index contributed by atoms with van der Waals surface area (Å²) in [6, 6.07) is 4.08. The Hall–Kier alpha value is -3.72. The van der Waals surface area contributed by atoms with Gasteiger partial charge in [0.25, 0.3) is 5.91 Å². The highest BCUT2D eigenvalue weighted by molar-refractivity contribution is 5.95. The first kappa shape index (κ1) is 32.2. The smallest absolute Gasteiger partial charge is 0.365 e. The Labute approximate surface area is 239 Å². The molecule has 2 heterocycles. The molecular weight excluding hydrogens is 594 g/mol. The van der Waals surface area contributed by atoms with Gasteiger partial charge in [-0.3, -0.25) is 9.59 Å². The van der Waals surface area contributed by atoms with E-state index in [0.29, 0.717) is 16.6 Å². The third-order valence-electron chi connectivity index (χ3n) is 7.53. The van der Waals surface area contributed by atoms with Gasteiger partial charge in [0.05, 0.1) is 35.1 Å². The van der Waals surface area contributed by atoms with Crippen molar-refractivity contribution in [3.63, 3.8) is 0 Å². The molecule has 4 N–H and O–H groups in total. The average Bonchev–Trinajstić information content (AvgIpc) is 3.50. The van der Waals surface area contributed by atoms with E-state index in [9.17, 15) is 44.7 Å². The van der Waals surface area contributed by atoms with Crippen LogP contribution in [0.25, 0.3) is 11.0 Å². The van der Waals surface area contributed by atoms with E-state index in [4.69, 9.17) is 10.3 Å². The lowest BCUT2D eigenvalue weighted by Gasteiger charge is -2.32. The number of carbonyl (C=O) groups is 2. The molecule has 16 heteroatoms. The van der Waals surface area contributed by atoms with E-state index in [2.05, 4.69) is 20.4 Å². The largest absolute Gasteiger partial charge is 0.389 e. The van der Waals surface area contributed by atoms with Gasteiger partial charge in [-0.2, -0.15) is 26.3 Å². The Morgan fingerprint density at radius 1 is 1.12 bits per heavy atom. The van der Waals surface area contributed by atoms with Gasteiger partial charge in [-0.1, -0.05) is 11.2 Å². The van der Waals surface area contributed by atoms with Crippen molar-refractivity contribution in [1.29, 1.82) is 0 Å². The van der Waals surface area contributed by atoms with Gasteiger partial charge in [-0.25, -0.2) is 13.8 Å². The second-order valence-corrected chi connectivity index (χ2v) is 10.8. The molecule has 236 valence electrons. The van der Waals surface area contributed by atoms with Gasteiger partial charge in [0, 0.05) is 32.1 Å².